The van der Waals surface area contributed by atoms with Gasteiger partial charge in [0.15, 0.2) is 0 Å². The molecule has 0 N–H and O–H groups in total. The zero-order valence-electron chi connectivity index (χ0n) is 11.4. The fourth-order valence-electron chi connectivity index (χ4n) is 2.49. The Balaban J connectivity index is 2.24. The van der Waals surface area contributed by atoms with Gasteiger partial charge in [0.1, 0.15) is 17.2 Å². The predicted molar refractivity (Wildman–Crippen MR) is 79.2 cm³/mol. The van der Waals surface area contributed by atoms with E-state index in [1.165, 1.54) is 0 Å². The monoisotopic (exact) mass is 290 g/mol. The minimum Gasteiger partial charge on any atom is -0.497 e. The van der Waals surface area contributed by atoms with E-state index in [1.807, 2.05) is 30.3 Å². The Kier molecular flexibility index (Phi) is 3.45. The van der Waals surface area contributed by atoms with Crippen LogP contribution in [-0.4, -0.2) is 20.8 Å². The van der Waals surface area contributed by atoms with Gasteiger partial charge in [-0.05, 0) is 30.3 Å². The third-order valence-electron chi connectivity index (χ3n) is 3.44. The SMILES string of the molecule is COc1cc2c(c(-c3cc(Cl)ccc3OC)c1)OCC2. The van der Waals surface area contributed by atoms with Gasteiger partial charge in [0.25, 0.3) is 0 Å². The molecule has 0 bridgehead atoms. The van der Waals surface area contributed by atoms with Crippen LogP contribution in [0.2, 0.25) is 5.02 Å². The summed E-state index contributed by atoms with van der Waals surface area (Å²) >= 11 is 6.12. The van der Waals surface area contributed by atoms with Crippen LogP contribution in [-0.2, 0) is 6.42 Å². The first-order chi connectivity index (χ1) is 9.72. The number of halogens is 1. The van der Waals surface area contributed by atoms with Crippen molar-refractivity contribution < 1.29 is 14.2 Å². The van der Waals surface area contributed by atoms with Crippen LogP contribution in [0.1, 0.15) is 5.56 Å². The lowest BCUT2D eigenvalue weighted by Gasteiger charge is -2.14. The normalized spacial score (nSPS) is 12.8. The molecule has 1 aliphatic heterocycles. The molecule has 0 saturated heterocycles. The largest absolute Gasteiger partial charge is 0.497 e. The van der Waals surface area contributed by atoms with Crippen molar-refractivity contribution in [2.75, 3.05) is 20.8 Å². The Morgan fingerprint density at radius 3 is 2.65 bits per heavy atom. The van der Waals surface area contributed by atoms with Gasteiger partial charge in [-0.2, -0.15) is 0 Å². The molecule has 0 atom stereocenters. The maximum absolute atomic E-state index is 6.12. The van der Waals surface area contributed by atoms with Crippen LogP contribution >= 0.6 is 11.6 Å². The molecule has 1 aliphatic rings. The molecule has 1 heterocycles. The Bertz CT molecular complexity index is 652. The molecule has 20 heavy (non-hydrogen) atoms. The number of ether oxygens (including phenoxy) is 3. The van der Waals surface area contributed by atoms with Gasteiger partial charge in [-0.3, -0.25) is 0 Å². The molecule has 0 amide bonds. The van der Waals surface area contributed by atoms with Crippen molar-refractivity contribution in [2.24, 2.45) is 0 Å². The minimum absolute atomic E-state index is 0.662. The van der Waals surface area contributed by atoms with E-state index in [1.54, 1.807) is 14.2 Å². The summed E-state index contributed by atoms with van der Waals surface area (Å²) in [5.74, 6) is 2.47. The lowest BCUT2D eigenvalue weighted by molar-refractivity contribution is 0.357. The number of hydrogen-bond acceptors (Lipinski definition) is 3. The third kappa shape index (κ3) is 2.18. The Morgan fingerprint density at radius 2 is 1.90 bits per heavy atom. The van der Waals surface area contributed by atoms with Gasteiger partial charge in [-0.15, -0.1) is 0 Å². The highest BCUT2D eigenvalue weighted by molar-refractivity contribution is 6.31. The zero-order valence-corrected chi connectivity index (χ0v) is 12.2. The van der Waals surface area contributed by atoms with Crippen molar-refractivity contribution in [1.82, 2.24) is 0 Å². The van der Waals surface area contributed by atoms with E-state index in [0.717, 1.165) is 40.4 Å². The molecule has 3 nitrogen and oxygen atoms in total. The van der Waals surface area contributed by atoms with E-state index in [-0.39, 0.29) is 0 Å². The number of hydrogen-bond donors (Lipinski definition) is 0. The summed E-state index contributed by atoms with van der Waals surface area (Å²) in [7, 11) is 3.31. The van der Waals surface area contributed by atoms with E-state index in [0.29, 0.717) is 11.6 Å². The van der Waals surface area contributed by atoms with Gasteiger partial charge in [0.05, 0.1) is 20.8 Å². The van der Waals surface area contributed by atoms with Crippen LogP contribution in [0, 0.1) is 0 Å². The zero-order chi connectivity index (χ0) is 14.1. The van der Waals surface area contributed by atoms with Gasteiger partial charge in [0, 0.05) is 28.1 Å². The predicted octanol–water partition coefficient (Wildman–Crippen LogP) is 3.96. The van der Waals surface area contributed by atoms with Crippen molar-refractivity contribution in [3.8, 4) is 28.4 Å². The lowest BCUT2D eigenvalue weighted by atomic mass is 9.99. The van der Waals surface area contributed by atoms with Gasteiger partial charge < -0.3 is 14.2 Å². The topological polar surface area (TPSA) is 27.7 Å². The third-order valence-corrected chi connectivity index (χ3v) is 3.68. The molecule has 2 aromatic rings. The fraction of sp³-hybridized carbons (Fsp3) is 0.250. The first-order valence-corrected chi connectivity index (χ1v) is 6.78. The van der Waals surface area contributed by atoms with Gasteiger partial charge >= 0.3 is 0 Å². The van der Waals surface area contributed by atoms with Gasteiger partial charge in [0.2, 0.25) is 0 Å². The van der Waals surface area contributed by atoms with Crippen LogP contribution in [0.4, 0.5) is 0 Å². The van der Waals surface area contributed by atoms with Crippen LogP contribution in [0.3, 0.4) is 0 Å². The molecule has 0 fully saturated rings. The van der Waals surface area contributed by atoms with Crippen molar-refractivity contribution >= 4 is 11.6 Å². The number of fused-ring (bicyclic) bond motifs is 1. The Labute approximate surface area is 123 Å². The highest BCUT2D eigenvalue weighted by atomic mass is 35.5. The number of benzene rings is 2. The minimum atomic E-state index is 0.662. The summed E-state index contributed by atoms with van der Waals surface area (Å²) in [4.78, 5) is 0. The van der Waals surface area contributed by atoms with Crippen LogP contribution in [0.15, 0.2) is 30.3 Å². The quantitative estimate of drug-likeness (QED) is 0.856. The highest BCUT2D eigenvalue weighted by Gasteiger charge is 2.21. The molecule has 0 radical (unpaired) electrons. The molecule has 0 aliphatic carbocycles. The molecular formula is C16H15ClO3. The highest BCUT2D eigenvalue weighted by Crippen LogP contribution is 2.44. The maximum Gasteiger partial charge on any atom is 0.130 e. The smallest absolute Gasteiger partial charge is 0.130 e. The Hall–Kier alpha value is -1.87. The summed E-state index contributed by atoms with van der Waals surface area (Å²) in [6.07, 6.45) is 0.891. The lowest BCUT2D eigenvalue weighted by Crippen LogP contribution is -1.93. The first kappa shape index (κ1) is 13.1. The molecular weight excluding hydrogens is 276 g/mol. The van der Waals surface area contributed by atoms with Gasteiger partial charge in [-0.1, -0.05) is 11.6 Å². The Morgan fingerprint density at radius 1 is 1.05 bits per heavy atom. The van der Waals surface area contributed by atoms with E-state index < -0.39 is 0 Å². The summed E-state index contributed by atoms with van der Waals surface area (Å²) in [5.41, 5.74) is 3.02. The maximum atomic E-state index is 6.12. The molecule has 0 spiro atoms. The molecule has 4 heteroatoms. The van der Waals surface area contributed by atoms with E-state index in [2.05, 4.69) is 0 Å². The second kappa shape index (κ2) is 5.25. The summed E-state index contributed by atoms with van der Waals surface area (Å²) < 4.78 is 16.6. The van der Waals surface area contributed by atoms with Crippen molar-refractivity contribution in [1.29, 1.82) is 0 Å². The first-order valence-electron chi connectivity index (χ1n) is 6.40. The molecule has 104 valence electrons. The van der Waals surface area contributed by atoms with Crippen LogP contribution < -0.4 is 14.2 Å². The fourth-order valence-corrected chi connectivity index (χ4v) is 2.66. The number of methoxy groups -OCH3 is 2. The average molecular weight is 291 g/mol. The second-order valence-corrected chi connectivity index (χ2v) is 5.04. The van der Waals surface area contributed by atoms with Crippen molar-refractivity contribution in [3.63, 3.8) is 0 Å². The summed E-state index contributed by atoms with van der Waals surface area (Å²) in [6.45, 7) is 0.693. The van der Waals surface area contributed by atoms with E-state index in [9.17, 15) is 0 Å². The molecule has 0 saturated carbocycles. The molecule has 0 aromatic heterocycles. The summed E-state index contributed by atoms with van der Waals surface area (Å²) in [6, 6.07) is 9.53. The van der Waals surface area contributed by atoms with Gasteiger partial charge in [-0.25, -0.2) is 0 Å². The average Bonchev–Trinajstić information content (AvgIpc) is 2.94. The van der Waals surface area contributed by atoms with Crippen molar-refractivity contribution in [3.05, 3.63) is 40.9 Å². The summed E-state index contributed by atoms with van der Waals surface area (Å²) in [5, 5.41) is 0.662. The standard InChI is InChI=1S/C16H15ClO3/c1-18-12-7-10-5-6-20-16(10)14(9-12)13-8-11(17)3-4-15(13)19-2/h3-4,7-9H,5-6H2,1-2H3. The van der Waals surface area contributed by atoms with E-state index >= 15 is 0 Å². The van der Waals surface area contributed by atoms with E-state index in [4.69, 9.17) is 25.8 Å². The molecule has 0 unspecified atom stereocenters. The molecule has 2 aromatic carbocycles. The van der Waals surface area contributed by atoms with Crippen molar-refractivity contribution in [2.45, 2.75) is 6.42 Å². The van der Waals surface area contributed by atoms with Crippen LogP contribution in [0.25, 0.3) is 11.1 Å². The van der Waals surface area contributed by atoms with Crippen LogP contribution in [0.5, 0.6) is 17.2 Å². The number of rotatable bonds is 3. The second-order valence-electron chi connectivity index (χ2n) is 4.61. The molecule has 3 rings (SSSR count).